The zero-order chi connectivity index (χ0) is 19.8. The second-order valence-electron chi connectivity index (χ2n) is 6.56. The summed E-state index contributed by atoms with van der Waals surface area (Å²) in [5, 5.41) is 4.92. The van der Waals surface area contributed by atoms with Gasteiger partial charge in [-0.3, -0.25) is 19.8 Å². The summed E-state index contributed by atoms with van der Waals surface area (Å²) in [5.74, 6) is -0.892. The van der Waals surface area contributed by atoms with Gasteiger partial charge in [0.05, 0.1) is 0 Å². The molecule has 0 radical (unpaired) electrons. The number of hydrogen-bond acceptors (Lipinski definition) is 3. The van der Waals surface area contributed by atoms with E-state index in [9.17, 15) is 9.59 Å². The maximum absolute atomic E-state index is 12.7. The molecule has 0 unspecified atom stereocenters. The van der Waals surface area contributed by atoms with Crippen molar-refractivity contribution in [2.24, 2.45) is 0 Å². The lowest BCUT2D eigenvalue weighted by Gasteiger charge is -2.27. The first-order chi connectivity index (χ1) is 13.5. The first kappa shape index (κ1) is 18.1. The minimum absolute atomic E-state index is 0.0639. The fourth-order valence-corrected chi connectivity index (χ4v) is 3.91. The number of rotatable bonds is 4. The SMILES string of the molecule is C=CCN1C(=O)C(=Cc2ccc3c(c2)c2ccccc2n3CC)C(=O)NC1=S. The van der Waals surface area contributed by atoms with E-state index in [1.54, 1.807) is 12.2 Å². The van der Waals surface area contributed by atoms with E-state index in [2.05, 4.69) is 35.5 Å². The average molecular weight is 389 g/mol. The molecule has 140 valence electrons. The Hall–Kier alpha value is -3.25. The normalized spacial score (nSPS) is 16.2. The lowest BCUT2D eigenvalue weighted by molar-refractivity contribution is -0.128. The molecule has 4 rings (SSSR count). The monoisotopic (exact) mass is 389 g/mol. The van der Waals surface area contributed by atoms with Crippen LogP contribution in [-0.4, -0.2) is 32.9 Å². The zero-order valence-electron chi connectivity index (χ0n) is 15.4. The summed E-state index contributed by atoms with van der Waals surface area (Å²) in [6, 6.07) is 14.2. The van der Waals surface area contributed by atoms with E-state index >= 15 is 0 Å². The largest absolute Gasteiger partial charge is 0.341 e. The molecule has 0 atom stereocenters. The van der Waals surface area contributed by atoms with Crippen molar-refractivity contribution in [2.45, 2.75) is 13.5 Å². The van der Waals surface area contributed by atoms with Gasteiger partial charge in [-0.25, -0.2) is 0 Å². The standard InChI is InChI=1S/C22H19N3O2S/c1-3-11-25-21(27)17(20(26)23-22(25)28)13-14-9-10-19-16(12-14)15-7-5-6-8-18(15)24(19)4-2/h3,5-10,12-13H,1,4,11H2,2H3,(H,23,26,28). The van der Waals surface area contributed by atoms with Gasteiger partial charge >= 0.3 is 0 Å². The van der Waals surface area contributed by atoms with Crippen molar-refractivity contribution in [3.05, 3.63) is 66.3 Å². The van der Waals surface area contributed by atoms with Crippen LogP contribution in [0.25, 0.3) is 27.9 Å². The van der Waals surface area contributed by atoms with Crippen LogP contribution in [0.2, 0.25) is 0 Å². The summed E-state index contributed by atoms with van der Waals surface area (Å²) >= 11 is 5.09. The molecule has 0 spiro atoms. The Labute approximate surface area is 167 Å². The molecule has 1 aliphatic heterocycles. The number of nitrogens with zero attached hydrogens (tertiary/aromatic N) is 2. The quantitative estimate of drug-likeness (QED) is 0.321. The molecule has 0 aliphatic carbocycles. The van der Waals surface area contributed by atoms with Gasteiger partial charge in [-0.2, -0.15) is 0 Å². The molecule has 28 heavy (non-hydrogen) atoms. The van der Waals surface area contributed by atoms with Crippen LogP contribution in [0.5, 0.6) is 0 Å². The maximum atomic E-state index is 12.7. The fourth-order valence-electron chi connectivity index (χ4n) is 3.66. The number of hydrogen-bond donors (Lipinski definition) is 1. The van der Waals surface area contributed by atoms with Gasteiger partial charge in [0, 0.05) is 34.9 Å². The fraction of sp³-hybridized carbons (Fsp3) is 0.136. The number of para-hydroxylation sites is 1. The third-order valence-corrected chi connectivity index (χ3v) is 5.24. The van der Waals surface area contributed by atoms with Crippen molar-refractivity contribution in [3.63, 3.8) is 0 Å². The Morgan fingerprint density at radius 2 is 1.86 bits per heavy atom. The van der Waals surface area contributed by atoms with Gasteiger partial charge < -0.3 is 4.57 Å². The highest BCUT2D eigenvalue weighted by Gasteiger charge is 2.32. The Balaban J connectivity index is 1.84. The summed E-state index contributed by atoms with van der Waals surface area (Å²) < 4.78 is 2.25. The number of aryl methyl sites for hydroxylation is 1. The lowest BCUT2D eigenvalue weighted by atomic mass is 10.0. The highest BCUT2D eigenvalue weighted by atomic mass is 32.1. The molecule has 0 bridgehead atoms. The number of carbonyl (C=O) groups is 2. The molecule has 6 heteroatoms. The van der Waals surface area contributed by atoms with E-state index in [1.165, 1.54) is 10.4 Å². The summed E-state index contributed by atoms with van der Waals surface area (Å²) in [4.78, 5) is 26.4. The number of carbonyl (C=O) groups excluding carboxylic acids is 2. The molecule has 5 nitrogen and oxygen atoms in total. The van der Waals surface area contributed by atoms with Crippen LogP contribution in [0.1, 0.15) is 12.5 Å². The van der Waals surface area contributed by atoms with Crippen LogP contribution in [0, 0.1) is 0 Å². The van der Waals surface area contributed by atoms with Crippen LogP contribution in [0.4, 0.5) is 0 Å². The number of fused-ring (bicyclic) bond motifs is 3. The topological polar surface area (TPSA) is 54.3 Å². The maximum Gasteiger partial charge on any atom is 0.265 e. The number of nitrogens with one attached hydrogen (secondary N) is 1. The minimum Gasteiger partial charge on any atom is -0.341 e. The molecule has 1 saturated heterocycles. The van der Waals surface area contributed by atoms with E-state index in [1.807, 2.05) is 30.3 Å². The van der Waals surface area contributed by atoms with Crippen molar-refractivity contribution in [2.75, 3.05) is 6.54 Å². The summed E-state index contributed by atoms with van der Waals surface area (Å²) in [6.45, 7) is 6.86. The van der Waals surface area contributed by atoms with Crippen molar-refractivity contribution >= 4 is 57.0 Å². The van der Waals surface area contributed by atoms with E-state index in [-0.39, 0.29) is 17.2 Å². The van der Waals surface area contributed by atoms with Gasteiger partial charge in [0.2, 0.25) is 0 Å². The predicted octanol–water partition coefficient (Wildman–Crippen LogP) is 3.63. The van der Waals surface area contributed by atoms with Crippen LogP contribution >= 0.6 is 12.2 Å². The van der Waals surface area contributed by atoms with Gasteiger partial charge in [0.1, 0.15) is 5.57 Å². The number of benzene rings is 2. The van der Waals surface area contributed by atoms with E-state index in [0.29, 0.717) is 0 Å². The Morgan fingerprint density at radius 3 is 2.61 bits per heavy atom. The van der Waals surface area contributed by atoms with E-state index < -0.39 is 11.8 Å². The molecule has 3 aromatic rings. The van der Waals surface area contributed by atoms with E-state index in [0.717, 1.165) is 28.4 Å². The Kier molecular flexibility index (Phi) is 4.57. The molecule has 0 saturated carbocycles. The molecule has 2 heterocycles. The Bertz CT molecular complexity index is 1190. The molecule has 1 fully saturated rings. The first-order valence-electron chi connectivity index (χ1n) is 9.06. The molecule has 1 aromatic heterocycles. The van der Waals surface area contributed by atoms with Gasteiger partial charge in [-0.05, 0) is 49.0 Å². The van der Waals surface area contributed by atoms with Gasteiger partial charge in [-0.1, -0.05) is 30.3 Å². The molecular formula is C22H19N3O2S. The number of aromatic nitrogens is 1. The first-order valence-corrected chi connectivity index (χ1v) is 9.46. The summed E-state index contributed by atoms with van der Waals surface area (Å²) in [6.07, 6.45) is 3.19. The number of amides is 2. The van der Waals surface area contributed by atoms with Crippen molar-refractivity contribution in [1.29, 1.82) is 0 Å². The highest BCUT2D eigenvalue weighted by Crippen LogP contribution is 2.30. The second-order valence-corrected chi connectivity index (χ2v) is 6.95. The average Bonchev–Trinajstić information content (AvgIpc) is 3.01. The number of thiocarbonyl (C=S) groups is 1. The van der Waals surface area contributed by atoms with Crippen molar-refractivity contribution in [1.82, 2.24) is 14.8 Å². The second kappa shape index (κ2) is 7.05. The zero-order valence-corrected chi connectivity index (χ0v) is 16.3. The van der Waals surface area contributed by atoms with Crippen LogP contribution in [-0.2, 0) is 16.1 Å². The smallest absolute Gasteiger partial charge is 0.265 e. The van der Waals surface area contributed by atoms with Crippen LogP contribution < -0.4 is 5.32 Å². The molecule has 1 N–H and O–H groups in total. The molecule has 2 aromatic carbocycles. The third kappa shape index (κ3) is 2.82. The lowest BCUT2D eigenvalue weighted by Crippen LogP contribution is -2.53. The van der Waals surface area contributed by atoms with Crippen LogP contribution in [0.15, 0.2) is 60.7 Å². The Morgan fingerprint density at radius 1 is 1.11 bits per heavy atom. The van der Waals surface area contributed by atoms with Gasteiger partial charge in [-0.15, -0.1) is 6.58 Å². The minimum atomic E-state index is -0.480. The predicted molar refractivity (Wildman–Crippen MR) is 116 cm³/mol. The molecule has 2 amide bonds. The third-order valence-electron chi connectivity index (χ3n) is 4.92. The highest BCUT2D eigenvalue weighted by molar-refractivity contribution is 7.80. The summed E-state index contributed by atoms with van der Waals surface area (Å²) in [7, 11) is 0. The van der Waals surface area contributed by atoms with Crippen LogP contribution in [0.3, 0.4) is 0 Å². The van der Waals surface area contributed by atoms with Crippen molar-refractivity contribution < 1.29 is 9.59 Å². The van der Waals surface area contributed by atoms with Crippen molar-refractivity contribution in [3.8, 4) is 0 Å². The molecular weight excluding hydrogens is 370 g/mol. The summed E-state index contributed by atoms with van der Waals surface area (Å²) in [5.41, 5.74) is 3.14. The van der Waals surface area contributed by atoms with Gasteiger partial charge in [0.15, 0.2) is 5.11 Å². The van der Waals surface area contributed by atoms with Gasteiger partial charge in [0.25, 0.3) is 11.8 Å². The molecule has 1 aliphatic rings. The van der Waals surface area contributed by atoms with E-state index in [4.69, 9.17) is 12.2 Å².